The number of hydrogen-bond donors (Lipinski definition) is 0. The van der Waals surface area contributed by atoms with Gasteiger partial charge in [-0.2, -0.15) is 0 Å². The Bertz CT molecular complexity index is 470. The molecule has 0 spiro atoms. The summed E-state index contributed by atoms with van der Waals surface area (Å²) >= 11 is 0. The van der Waals surface area contributed by atoms with Gasteiger partial charge >= 0.3 is 5.97 Å². The van der Waals surface area contributed by atoms with Crippen LogP contribution in [0.2, 0.25) is 0 Å². The molecule has 0 fully saturated rings. The minimum absolute atomic E-state index is 0.00264. The molecular formula is C14H22N2O5. The van der Waals surface area contributed by atoms with Crippen molar-refractivity contribution < 1.29 is 23.5 Å². The van der Waals surface area contributed by atoms with E-state index in [0.717, 1.165) is 6.42 Å². The summed E-state index contributed by atoms with van der Waals surface area (Å²) in [4.78, 5) is 28.9. The SMILES string of the molecule is COCC(=O)N(CCC(C)C)Cc1nc(C(=O)OC)co1. The van der Waals surface area contributed by atoms with Gasteiger partial charge in [0.05, 0.1) is 13.7 Å². The number of hydrogen-bond acceptors (Lipinski definition) is 6. The molecule has 7 heteroatoms. The lowest BCUT2D eigenvalue weighted by Crippen LogP contribution is -2.34. The van der Waals surface area contributed by atoms with Gasteiger partial charge in [0.1, 0.15) is 12.9 Å². The van der Waals surface area contributed by atoms with E-state index in [4.69, 9.17) is 9.15 Å². The van der Waals surface area contributed by atoms with Gasteiger partial charge in [-0.1, -0.05) is 13.8 Å². The highest BCUT2D eigenvalue weighted by Gasteiger charge is 2.19. The summed E-state index contributed by atoms with van der Waals surface area (Å²) in [6.07, 6.45) is 2.09. The maximum absolute atomic E-state index is 12.0. The molecule has 21 heavy (non-hydrogen) atoms. The van der Waals surface area contributed by atoms with Gasteiger partial charge in [-0.15, -0.1) is 0 Å². The largest absolute Gasteiger partial charge is 0.464 e. The van der Waals surface area contributed by atoms with E-state index in [1.165, 1.54) is 20.5 Å². The van der Waals surface area contributed by atoms with Gasteiger partial charge in [0.25, 0.3) is 0 Å². The van der Waals surface area contributed by atoms with Crippen molar-refractivity contribution in [3.63, 3.8) is 0 Å². The van der Waals surface area contributed by atoms with Crippen LogP contribution in [0.25, 0.3) is 0 Å². The molecule has 7 nitrogen and oxygen atoms in total. The highest BCUT2D eigenvalue weighted by molar-refractivity contribution is 5.86. The molecule has 0 atom stereocenters. The molecule has 1 aromatic rings. The predicted molar refractivity (Wildman–Crippen MR) is 74.6 cm³/mol. The minimum atomic E-state index is -0.568. The van der Waals surface area contributed by atoms with E-state index >= 15 is 0 Å². The van der Waals surface area contributed by atoms with E-state index in [2.05, 4.69) is 23.6 Å². The van der Waals surface area contributed by atoms with Crippen LogP contribution in [0.4, 0.5) is 0 Å². The number of oxazole rings is 1. The van der Waals surface area contributed by atoms with Crippen molar-refractivity contribution >= 4 is 11.9 Å². The van der Waals surface area contributed by atoms with Gasteiger partial charge in [-0.3, -0.25) is 4.79 Å². The Balaban J connectivity index is 2.72. The molecule has 0 aromatic carbocycles. The lowest BCUT2D eigenvalue weighted by atomic mass is 10.1. The van der Waals surface area contributed by atoms with Crippen LogP contribution in [-0.2, 0) is 20.8 Å². The van der Waals surface area contributed by atoms with Crippen LogP contribution in [0.3, 0.4) is 0 Å². The zero-order valence-corrected chi connectivity index (χ0v) is 12.9. The fraction of sp³-hybridized carbons (Fsp3) is 0.643. The summed E-state index contributed by atoms with van der Waals surface area (Å²) < 4.78 is 14.6. The Morgan fingerprint density at radius 1 is 1.38 bits per heavy atom. The predicted octanol–water partition coefficient (Wildman–Crippen LogP) is 1.48. The second kappa shape index (κ2) is 8.41. The molecule has 118 valence electrons. The summed E-state index contributed by atoms with van der Waals surface area (Å²) in [5, 5.41) is 0. The Morgan fingerprint density at radius 2 is 2.10 bits per heavy atom. The maximum Gasteiger partial charge on any atom is 0.360 e. The molecule has 1 rings (SSSR count). The number of amides is 1. The number of rotatable bonds is 8. The highest BCUT2D eigenvalue weighted by atomic mass is 16.5. The van der Waals surface area contributed by atoms with E-state index in [1.54, 1.807) is 4.90 Å². The van der Waals surface area contributed by atoms with Gasteiger partial charge in [-0.05, 0) is 12.3 Å². The topological polar surface area (TPSA) is 81.9 Å². The zero-order chi connectivity index (χ0) is 15.8. The molecule has 0 saturated carbocycles. The lowest BCUT2D eigenvalue weighted by molar-refractivity contribution is -0.136. The van der Waals surface area contributed by atoms with Crippen LogP contribution in [0.15, 0.2) is 10.7 Å². The van der Waals surface area contributed by atoms with Crippen molar-refractivity contribution in [1.29, 1.82) is 0 Å². The smallest absolute Gasteiger partial charge is 0.360 e. The number of esters is 1. The second-order valence-electron chi connectivity index (χ2n) is 5.05. The quantitative estimate of drug-likeness (QED) is 0.676. The van der Waals surface area contributed by atoms with Crippen molar-refractivity contribution in [2.24, 2.45) is 5.92 Å². The maximum atomic E-state index is 12.0. The molecule has 0 bridgehead atoms. The molecule has 0 aliphatic rings. The third-order valence-electron chi connectivity index (χ3n) is 2.87. The van der Waals surface area contributed by atoms with E-state index in [9.17, 15) is 9.59 Å². The van der Waals surface area contributed by atoms with E-state index in [0.29, 0.717) is 18.4 Å². The highest BCUT2D eigenvalue weighted by Crippen LogP contribution is 2.10. The van der Waals surface area contributed by atoms with E-state index in [1.807, 2.05) is 0 Å². The normalized spacial score (nSPS) is 10.7. The van der Waals surface area contributed by atoms with Crippen LogP contribution in [0.5, 0.6) is 0 Å². The Morgan fingerprint density at radius 3 is 2.67 bits per heavy atom. The monoisotopic (exact) mass is 298 g/mol. The second-order valence-corrected chi connectivity index (χ2v) is 5.05. The molecule has 1 heterocycles. The van der Waals surface area contributed by atoms with Gasteiger partial charge < -0.3 is 18.8 Å². The molecule has 0 aliphatic heterocycles. The van der Waals surface area contributed by atoms with Crippen LogP contribution >= 0.6 is 0 Å². The standard InChI is InChI=1S/C14H22N2O5/c1-10(2)5-6-16(13(17)9-19-3)7-12-15-11(8-21-12)14(18)20-4/h8,10H,5-7,9H2,1-4H3. The number of carbonyl (C=O) groups is 2. The Labute approximate surface area is 124 Å². The number of nitrogens with zero attached hydrogens (tertiary/aromatic N) is 2. The van der Waals surface area contributed by atoms with Crippen molar-refractivity contribution in [1.82, 2.24) is 9.88 Å². The van der Waals surface area contributed by atoms with Crippen LogP contribution in [0.1, 0.15) is 36.6 Å². The summed E-state index contributed by atoms with van der Waals surface area (Å²) in [7, 11) is 2.74. The molecule has 0 aliphatic carbocycles. The van der Waals surface area contributed by atoms with Crippen molar-refractivity contribution in [3.8, 4) is 0 Å². The van der Waals surface area contributed by atoms with Gasteiger partial charge in [-0.25, -0.2) is 9.78 Å². The van der Waals surface area contributed by atoms with E-state index < -0.39 is 5.97 Å². The van der Waals surface area contributed by atoms with Gasteiger partial charge in [0.2, 0.25) is 11.8 Å². The summed E-state index contributed by atoms with van der Waals surface area (Å²) in [5.41, 5.74) is 0.0931. The molecule has 0 unspecified atom stereocenters. The van der Waals surface area contributed by atoms with Gasteiger partial charge in [0, 0.05) is 13.7 Å². The molecular weight excluding hydrogens is 276 g/mol. The molecule has 0 N–H and O–H groups in total. The molecule has 0 saturated heterocycles. The first kappa shape index (κ1) is 17.2. The molecule has 0 radical (unpaired) electrons. The lowest BCUT2D eigenvalue weighted by Gasteiger charge is -2.21. The summed E-state index contributed by atoms with van der Waals surface area (Å²) in [6, 6.07) is 0. The average molecular weight is 298 g/mol. The van der Waals surface area contributed by atoms with Crippen LogP contribution < -0.4 is 0 Å². The van der Waals surface area contributed by atoms with Crippen molar-refractivity contribution in [2.45, 2.75) is 26.8 Å². The first-order chi connectivity index (χ1) is 9.97. The fourth-order valence-corrected chi connectivity index (χ4v) is 1.67. The van der Waals surface area contributed by atoms with Crippen LogP contribution in [-0.4, -0.2) is 49.1 Å². The van der Waals surface area contributed by atoms with Crippen molar-refractivity contribution in [3.05, 3.63) is 17.8 Å². The third-order valence-corrected chi connectivity index (χ3v) is 2.87. The number of methoxy groups -OCH3 is 2. The van der Waals surface area contributed by atoms with E-state index in [-0.39, 0.29) is 24.8 Å². The summed E-state index contributed by atoms with van der Waals surface area (Å²) in [6.45, 7) is 4.95. The molecule has 1 amide bonds. The van der Waals surface area contributed by atoms with Crippen LogP contribution in [0, 0.1) is 5.92 Å². The first-order valence-electron chi connectivity index (χ1n) is 6.77. The number of aromatic nitrogens is 1. The zero-order valence-electron chi connectivity index (χ0n) is 12.9. The number of carbonyl (C=O) groups excluding carboxylic acids is 2. The Hall–Kier alpha value is -1.89. The Kier molecular flexibility index (Phi) is 6.87. The average Bonchev–Trinajstić information content (AvgIpc) is 2.91. The minimum Gasteiger partial charge on any atom is -0.464 e. The van der Waals surface area contributed by atoms with Gasteiger partial charge in [0.15, 0.2) is 5.69 Å². The molecule has 1 aromatic heterocycles. The van der Waals surface area contributed by atoms with Crippen molar-refractivity contribution in [2.75, 3.05) is 27.4 Å². The first-order valence-corrected chi connectivity index (χ1v) is 6.77. The fourth-order valence-electron chi connectivity index (χ4n) is 1.67. The number of ether oxygens (including phenoxy) is 2. The third kappa shape index (κ3) is 5.55. The summed E-state index contributed by atoms with van der Waals surface area (Å²) in [5.74, 6) is 0.0551.